The zero-order valence-electron chi connectivity index (χ0n) is 10.1. The van der Waals surface area contributed by atoms with E-state index in [1.54, 1.807) is 7.11 Å². The molecule has 0 atom stereocenters. The maximum Gasteiger partial charge on any atom is 0.121 e. The van der Waals surface area contributed by atoms with Gasteiger partial charge in [0.25, 0.3) is 0 Å². The van der Waals surface area contributed by atoms with Crippen molar-refractivity contribution in [2.24, 2.45) is 0 Å². The molecule has 1 aromatic rings. The third-order valence-electron chi connectivity index (χ3n) is 3.59. The summed E-state index contributed by atoms with van der Waals surface area (Å²) in [4.78, 5) is 0. The molecule has 0 radical (unpaired) electrons. The first-order valence-corrected chi connectivity index (χ1v) is 6.03. The van der Waals surface area contributed by atoms with E-state index < -0.39 is 0 Å². The number of aryl methyl sites for hydroxylation is 1. The van der Waals surface area contributed by atoms with Crippen LogP contribution in [0.2, 0.25) is 0 Å². The molecule has 1 fully saturated rings. The van der Waals surface area contributed by atoms with Gasteiger partial charge in [0, 0.05) is 0 Å². The Bertz CT molecular complexity index is 352. The normalized spacial score (nSPS) is 25.4. The van der Waals surface area contributed by atoms with Crippen molar-refractivity contribution in [3.8, 4) is 5.75 Å². The molecule has 0 aliphatic heterocycles. The van der Waals surface area contributed by atoms with Crippen molar-refractivity contribution >= 4 is 0 Å². The Morgan fingerprint density at radius 2 is 1.88 bits per heavy atom. The molecule has 1 aliphatic carbocycles. The van der Waals surface area contributed by atoms with Crippen LogP contribution in [0.25, 0.3) is 0 Å². The summed E-state index contributed by atoms with van der Waals surface area (Å²) in [5.74, 6) is 1.58. The SMILES string of the molecule is COc1ccc(C2CCC(O)CC2)cc1C. The number of rotatable bonds is 2. The van der Waals surface area contributed by atoms with Gasteiger partial charge in [0.05, 0.1) is 13.2 Å². The Hall–Kier alpha value is -1.02. The van der Waals surface area contributed by atoms with Gasteiger partial charge in [-0.25, -0.2) is 0 Å². The first-order valence-electron chi connectivity index (χ1n) is 6.03. The second-order valence-electron chi connectivity index (χ2n) is 4.73. The fraction of sp³-hybridized carbons (Fsp3) is 0.571. The van der Waals surface area contributed by atoms with Gasteiger partial charge in [0.2, 0.25) is 0 Å². The number of methoxy groups -OCH3 is 1. The molecular formula is C14H20O2. The van der Waals surface area contributed by atoms with Gasteiger partial charge in [0.1, 0.15) is 5.75 Å². The Kier molecular flexibility index (Phi) is 3.49. The minimum atomic E-state index is -0.0735. The number of hydrogen-bond acceptors (Lipinski definition) is 2. The standard InChI is InChI=1S/C14H20O2/c1-10-9-12(5-8-14(10)16-2)11-3-6-13(15)7-4-11/h5,8-9,11,13,15H,3-4,6-7H2,1-2H3. The van der Waals surface area contributed by atoms with E-state index in [2.05, 4.69) is 25.1 Å². The summed E-state index contributed by atoms with van der Waals surface area (Å²) in [6.45, 7) is 2.08. The quantitative estimate of drug-likeness (QED) is 0.830. The molecule has 2 heteroatoms. The summed E-state index contributed by atoms with van der Waals surface area (Å²) in [7, 11) is 1.71. The molecule has 1 saturated carbocycles. The Morgan fingerprint density at radius 3 is 2.44 bits per heavy atom. The highest BCUT2D eigenvalue weighted by atomic mass is 16.5. The molecule has 1 aliphatic rings. The Balaban J connectivity index is 2.12. The van der Waals surface area contributed by atoms with Gasteiger partial charge in [-0.3, -0.25) is 0 Å². The van der Waals surface area contributed by atoms with Gasteiger partial charge < -0.3 is 9.84 Å². The van der Waals surface area contributed by atoms with E-state index >= 15 is 0 Å². The molecule has 2 rings (SSSR count). The minimum absolute atomic E-state index is 0.0735. The summed E-state index contributed by atoms with van der Waals surface area (Å²) in [5.41, 5.74) is 2.59. The highest BCUT2D eigenvalue weighted by Crippen LogP contribution is 2.34. The molecule has 0 unspecified atom stereocenters. The molecule has 2 nitrogen and oxygen atoms in total. The van der Waals surface area contributed by atoms with E-state index in [0.717, 1.165) is 31.4 Å². The zero-order chi connectivity index (χ0) is 11.5. The molecule has 0 saturated heterocycles. The summed E-state index contributed by atoms with van der Waals surface area (Å²) in [5, 5.41) is 9.49. The van der Waals surface area contributed by atoms with E-state index in [0.29, 0.717) is 5.92 Å². The van der Waals surface area contributed by atoms with Crippen LogP contribution in [0.4, 0.5) is 0 Å². The highest BCUT2D eigenvalue weighted by molar-refractivity contribution is 5.37. The summed E-state index contributed by atoms with van der Waals surface area (Å²) in [6.07, 6.45) is 4.02. The first-order chi connectivity index (χ1) is 7.70. The van der Waals surface area contributed by atoms with Crippen molar-refractivity contribution in [3.63, 3.8) is 0 Å². The molecule has 0 spiro atoms. The fourth-order valence-electron chi connectivity index (χ4n) is 2.56. The van der Waals surface area contributed by atoms with E-state index in [1.165, 1.54) is 11.1 Å². The van der Waals surface area contributed by atoms with Crippen LogP contribution in [-0.2, 0) is 0 Å². The van der Waals surface area contributed by atoms with Crippen LogP contribution < -0.4 is 4.74 Å². The van der Waals surface area contributed by atoms with Crippen molar-refractivity contribution in [2.75, 3.05) is 7.11 Å². The topological polar surface area (TPSA) is 29.5 Å². The van der Waals surface area contributed by atoms with Crippen LogP contribution in [0.5, 0.6) is 5.75 Å². The summed E-state index contributed by atoms with van der Waals surface area (Å²) >= 11 is 0. The molecule has 16 heavy (non-hydrogen) atoms. The molecule has 0 bridgehead atoms. The van der Waals surface area contributed by atoms with E-state index in [1.807, 2.05) is 0 Å². The van der Waals surface area contributed by atoms with Crippen LogP contribution in [-0.4, -0.2) is 18.3 Å². The lowest BCUT2D eigenvalue weighted by atomic mass is 9.82. The Morgan fingerprint density at radius 1 is 1.19 bits per heavy atom. The van der Waals surface area contributed by atoms with Crippen LogP contribution in [0.15, 0.2) is 18.2 Å². The number of aliphatic hydroxyl groups excluding tert-OH is 1. The van der Waals surface area contributed by atoms with Crippen LogP contribution >= 0.6 is 0 Å². The van der Waals surface area contributed by atoms with Crippen molar-refractivity contribution in [3.05, 3.63) is 29.3 Å². The largest absolute Gasteiger partial charge is 0.496 e. The Labute approximate surface area is 97.3 Å². The van der Waals surface area contributed by atoms with E-state index in [9.17, 15) is 5.11 Å². The predicted molar refractivity (Wildman–Crippen MR) is 64.9 cm³/mol. The van der Waals surface area contributed by atoms with Crippen molar-refractivity contribution in [2.45, 2.75) is 44.6 Å². The van der Waals surface area contributed by atoms with Crippen LogP contribution in [0.3, 0.4) is 0 Å². The molecule has 0 aromatic heterocycles. The molecule has 88 valence electrons. The maximum atomic E-state index is 9.49. The van der Waals surface area contributed by atoms with Crippen molar-refractivity contribution in [1.82, 2.24) is 0 Å². The third kappa shape index (κ3) is 2.38. The molecule has 1 aromatic carbocycles. The fourth-order valence-corrected chi connectivity index (χ4v) is 2.56. The lowest BCUT2D eigenvalue weighted by Gasteiger charge is -2.26. The van der Waals surface area contributed by atoms with Gasteiger partial charge in [-0.1, -0.05) is 12.1 Å². The van der Waals surface area contributed by atoms with E-state index in [4.69, 9.17) is 4.74 Å². The van der Waals surface area contributed by atoms with Crippen LogP contribution in [0.1, 0.15) is 42.7 Å². The number of hydrogen-bond donors (Lipinski definition) is 1. The average molecular weight is 220 g/mol. The third-order valence-corrected chi connectivity index (χ3v) is 3.59. The van der Waals surface area contributed by atoms with E-state index in [-0.39, 0.29) is 6.10 Å². The van der Waals surface area contributed by atoms with Crippen molar-refractivity contribution < 1.29 is 9.84 Å². The molecule has 0 heterocycles. The minimum Gasteiger partial charge on any atom is -0.496 e. The summed E-state index contributed by atoms with van der Waals surface area (Å²) < 4.78 is 5.26. The number of aliphatic hydroxyl groups is 1. The van der Waals surface area contributed by atoms with Gasteiger partial charge >= 0.3 is 0 Å². The average Bonchev–Trinajstić information content (AvgIpc) is 2.30. The zero-order valence-corrected chi connectivity index (χ0v) is 10.1. The van der Waals surface area contributed by atoms with Gasteiger partial charge in [0.15, 0.2) is 0 Å². The van der Waals surface area contributed by atoms with Crippen LogP contribution in [0, 0.1) is 6.92 Å². The van der Waals surface area contributed by atoms with Crippen molar-refractivity contribution in [1.29, 1.82) is 0 Å². The van der Waals surface area contributed by atoms with Gasteiger partial charge in [-0.15, -0.1) is 0 Å². The smallest absolute Gasteiger partial charge is 0.121 e. The lowest BCUT2D eigenvalue weighted by molar-refractivity contribution is 0.122. The monoisotopic (exact) mass is 220 g/mol. The maximum absolute atomic E-state index is 9.49. The first kappa shape index (κ1) is 11.5. The highest BCUT2D eigenvalue weighted by Gasteiger charge is 2.20. The van der Waals surface area contributed by atoms with Gasteiger partial charge in [-0.2, -0.15) is 0 Å². The second kappa shape index (κ2) is 4.88. The second-order valence-corrected chi connectivity index (χ2v) is 4.73. The predicted octanol–water partition coefficient (Wildman–Crippen LogP) is 3.02. The molecule has 1 N–H and O–H groups in total. The van der Waals surface area contributed by atoms with Gasteiger partial charge in [-0.05, 0) is 55.7 Å². The molecular weight excluding hydrogens is 200 g/mol. The lowest BCUT2D eigenvalue weighted by Crippen LogP contribution is -2.17. The molecule has 0 amide bonds. The summed E-state index contributed by atoms with van der Waals surface area (Å²) in [6, 6.07) is 6.44. The number of ether oxygens (including phenoxy) is 1. The number of benzene rings is 1.